The van der Waals surface area contributed by atoms with Crippen molar-refractivity contribution in [2.75, 3.05) is 17.7 Å². The Morgan fingerprint density at radius 3 is 2.85 bits per heavy atom. The zero-order valence-electron chi connectivity index (χ0n) is 18.1. The van der Waals surface area contributed by atoms with Gasteiger partial charge in [0.2, 0.25) is 5.91 Å². The van der Waals surface area contributed by atoms with E-state index in [1.165, 1.54) is 29.3 Å². The number of carbonyl (C=O) groups is 2. The highest BCUT2D eigenvalue weighted by Gasteiger charge is 2.30. The van der Waals surface area contributed by atoms with E-state index < -0.39 is 0 Å². The van der Waals surface area contributed by atoms with Crippen molar-refractivity contribution in [3.8, 4) is 5.69 Å². The number of anilines is 1. The van der Waals surface area contributed by atoms with Crippen LogP contribution in [-0.4, -0.2) is 48.6 Å². The fourth-order valence-electron chi connectivity index (χ4n) is 3.73. The molecule has 0 radical (unpaired) electrons. The fraction of sp³-hybridized carbons (Fsp3) is 0.273. The quantitative estimate of drug-likeness (QED) is 0.306. The van der Waals surface area contributed by atoms with Gasteiger partial charge in [0.15, 0.2) is 15.9 Å². The first kappa shape index (κ1) is 22.3. The maximum atomic E-state index is 13.2. The number of aromatic nitrogens is 5. The number of ether oxygens (including phenoxy) is 1. The van der Waals surface area contributed by atoms with Crippen molar-refractivity contribution in [1.82, 2.24) is 24.3 Å². The minimum absolute atomic E-state index is 0.0561. The average Bonchev–Trinajstić information content (AvgIpc) is 3.54. The van der Waals surface area contributed by atoms with Crippen molar-refractivity contribution in [1.29, 1.82) is 0 Å². The van der Waals surface area contributed by atoms with Gasteiger partial charge in [-0.3, -0.25) is 19.0 Å². The first-order valence-electron chi connectivity index (χ1n) is 10.6. The lowest BCUT2D eigenvalue weighted by molar-refractivity contribution is -0.142. The van der Waals surface area contributed by atoms with E-state index in [0.29, 0.717) is 39.4 Å². The van der Waals surface area contributed by atoms with Gasteiger partial charge in [0.25, 0.3) is 5.56 Å². The Morgan fingerprint density at radius 2 is 2.06 bits per heavy atom. The third-order valence-corrected chi connectivity index (χ3v) is 7.13. The molecule has 0 spiro atoms. The normalized spacial score (nSPS) is 14.8. The van der Waals surface area contributed by atoms with Gasteiger partial charge < -0.3 is 10.1 Å². The largest absolute Gasteiger partial charge is 0.466 e. The molecule has 34 heavy (non-hydrogen) atoms. The van der Waals surface area contributed by atoms with Crippen molar-refractivity contribution in [3.05, 3.63) is 58.0 Å². The van der Waals surface area contributed by atoms with Gasteiger partial charge >= 0.3 is 5.97 Å². The number of carbonyl (C=O) groups excluding carboxylic acids is 2. The Kier molecular flexibility index (Phi) is 6.16. The van der Waals surface area contributed by atoms with E-state index in [9.17, 15) is 14.4 Å². The maximum absolute atomic E-state index is 13.2. The molecule has 5 rings (SSSR count). The molecule has 1 unspecified atom stereocenters. The molecule has 0 bridgehead atoms. The van der Waals surface area contributed by atoms with Crippen molar-refractivity contribution < 1.29 is 14.3 Å². The predicted molar refractivity (Wildman–Crippen MR) is 129 cm³/mol. The minimum atomic E-state index is -0.362. The molecule has 0 saturated heterocycles. The molecule has 1 amide bonds. The van der Waals surface area contributed by atoms with Gasteiger partial charge in [-0.15, -0.1) is 11.3 Å². The molecule has 1 N–H and O–H groups in total. The SMILES string of the molecule is CCOC(=O)Cc1csc(NC(=O)CC2CSc3nc4c(cnn4-c4ccccc4)c(=O)n32)n1. The Balaban J connectivity index is 1.32. The molecule has 0 saturated carbocycles. The summed E-state index contributed by atoms with van der Waals surface area (Å²) in [7, 11) is 0. The van der Waals surface area contributed by atoms with E-state index in [1.54, 1.807) is 21.6 Å². The van der Waals surface area contributed by atoms with Crippen LogP contribution in [0.5, 0.6) is 0 Å². The Hall–Kier alpha value is -3.51. The van der Waals surface area contributed by atoms with Gasteiger partial charge in [-0.05, 0) is 19.1 Å². The number of rotatable bonds is 7. The summed E-state index contributed by atoms with van der Waals surface area (Å²) in [4.78, 5) is 46.5. The average molecular weight is 497 g/mol. The third kappa shape index (κ3) is 4.33. The number of fused-ring (bicyclic) bond motifs is 2. The highest BCUT2D eigenvalue weighted by Crippen LogP contribution is 2.33. The summed E-state index contributed by atoms with van der Waals surface area (Å²) in [6, 6.07) is 9.17. The van der Waals surface area contributed by atoms with Crippen LogP contribution in [0.15, 0.2) is 51.9 Å². The number of hydrogen-bond donors (Lipinski definition) is 1. The van der Waals surface area contributed by atoms with Gasteiger partial charge in [-0.25, -0.2) is 14.6 Å². The summed E-state index contributed by atoms with van der Waals surface area (Å²) in [6.07, 6.45) is 1.68. The molecule has 1 aliphatic heterocycles. The lowest BCUT2D eigenvalue weighted by atomic mass is 10.2. The molecular formula is C22H20N6O4S2. The van der Waals surface area contributed by atoms with Crippen molar-refractivity contribution in [2.24, 2.45) is 0 Å². The zero-order valence-corrected chi connectivity index (χ0v) is 19.8. The Bertz CT molecular complexity index is 1430. The molecule has 174 valence electrons. The third-order valence-electron chi connectivity index (χ3n) is 5.22. The standard InChI is InChI=1S/C22H20N6O4S2/c1-2-32-18(30)8-13-11-33-21(24-13)25-17(29)9-15-12-34-22-26-19-16(20(31)27(15)22)10-23-28(19)14-6-4-3-5-7-14/h3-7,10-11,15H,2,8-9,12H2,1H3,(H,24,25,29). The summed E-state index contributed by atoms with van der Waals surface area (Å²) in [6.45, 7) is 2.05. The molecule has 4 aromatic rings. The molecule has 10 nitrogen and oxygen atoms in total. The summed E-state index contributed by atoms with van der Waals surface area (Å²) >= 11 is 2.68. The van der Waals surface area contributed by atoms with Gasteiger partial charge in [0.1, 0.15) is 5.39 Å². The topological polar surface area (TPSA) is 121 Å². The number of nitrogens with one attached hydrogen (secondary N) is 1. The molecule has 3 aromatic heterocycles. The zero-order chi connectivity index (χ0) is 23.7. The van der Waals surface area contributed by atoms with Crippen LogP contribution >= 0.6 is 23.1 Å². The van der Waals surface area contributed by atoms with Crippen LogP contribution in [0.4, 0.5) is 5.13 Å². The van der Waals surface area contributed by atoms with Gasteiger partial charge in [0.05, 0.1) is 36.6 Å². The van der Waals surface area contributed by atoms with Gasteiger partial charge in [0, 0.05) is 17.6 Å². The molecule has 1 aromatic carbocycles. The Labute approximate surface area is 202 Å². The monoisotopic (exact) mass is 496 g/mol. The van der Waals surface area contributed by atoms with Crippen LogP contribution in [0, 0.1) is 0 Å². The van der Waals surface area contributed by atoms with Crippen LogP contribution in [0.25, 0.3) is 16.7 Å². The molecule has 1 atom stereocenters. The fourth-order valence-corrected chi connectivity index (χ4v) is 5.59. The number of thioether (sulfide) groups is 1. The van der Waals surface area contributed by atoms with Crippen LogP contribution in [-0.2, 0) is 20.7 Å². The Morgan fingerprint density at radius 1 is 1.24 bits per heavy atom. The predicted octanol–water partition coefficient (Wildman–Crippen LogP) is 2.82. The number of thiazole rings is 1. The summed E-state index contributed by atoms with van der Waals surface area (Å²) in [5.74, 6) is -0.0611. The number of hydrogen-bond acceptors (Lipinski definition) is 9. The number of amides is 1. The van der Waals surface area contributed by atoms with E-state index in [1.807, 2.05) is 30.3 Å². The highest BCUT2D eigenvalue weighted by molar-refractivity contribution is 7.99. The maximum Gasteiger partial charge on any atom is 0.311 e. The molecule has 0 fully saturated rings. The van der Waals surface area contributed by atoms with Crippen LogP contribution < -0.4 is 10.9 Å². The lowest BCUT2D eigenvalue weighted by Crippen LogP contribution is -2.27. The van der Waals surface area contributed by atoms with E-state index in [0.717, 1.165) is 5.69 Å². The summed E-state index contributed by atoms with van der Waals surface area (Å²) in [5.41, 5.74) is 1.64. The number of esters is 1. The molecule has 1 aliphatic rings. The lowest BCUT2D eigenvalue weighted by Gasteiger charge is -2.12. The van der Waals surface area contributed by atoms with E-state index in [-0.39, 0.29) is 36.3 Å². The van der Waals surface area contributed by atoms with Crippen LogP contribution in [0.1, 0.15) is 25.1 Å². The highest BCUT2D eigenvalue weighted by atomic mass is 32.2. The second-order valence-corrected chi connectivity index (χ2v) is 9.39. The van der Waals surface area contributed by atoms with Crippen LogP contribution in [0.3, 0.4) is 0 Å². The number of para-hydroxylation sites is 1. The number of benzene rings is 1. The van der Waals surface area contributed by atoms with Crippen molar-refractivity contribution in [3.63, 3.8) is 0 Å². The second kappa shape index (κ2) is 9.39. The van der Waals surface area contributed by atoms with E-state index in [2.05, 4.69) is 20.4 Å². The summed E-state index contributed by atoms with van der Waals surface area (Å²) in [5, 5.41) is 10.2. The van der Waals surface area contributed by atoms with Gasteiger partial charge in [-0.1, -0.05) is 30.0 Å². The smallest absolute Gasteiger partial charge is 0.311 e. The van der Waals surface area contributed by atoms with Crippen molar-refractivity contribution >= 4 is 51.1 Å². The van der Waals surface area contributed by atoms with Crippen LogP contribution in [0.2, 0.25) is 0 Å². The first-order chi connectivity index (χ1) is 16.5. The van der Waals surface area contributed by atoms with Gasteiger partial charge in [-0.2, -0.15) is 5.10 Å². The molecule has 12 heteroatoms. The first-order valence-corrected chi connectivity index (χ1v) is 12.5. The second-order valence-electron chi connectivity index (χ2n) is 7.54. The molecular weight excluding hydrogens is 476 g/mol. The molecule has 0 aliphatic carbocycles. The minimum Gasteiger partial charge on any atom is -0.466 e. The number of nitrogens with zero attached hydrogens (tertiary/aromatic N) is 5. The van der Waals surface area contributed by atoms with E-state index >= 15 is 0 Å². The van der Waals surface area contributed by atoms with E-state index in [4.69, 9.17) is 4.74 Å². The van der Waals surface area contributed by atoms with Crippen molar-refractivity contribution in [2.45, 2.75) is 31.0 Å². The summed E-state index contributed by atoms with van der Waals surface area (Å²) < 4.78 is 8.15. The molecule has 4 heterocycles.